The van der Waals surface area contributed by atoms with Crippen LogP contribution in [-0.4, -0.2) is 38.0 Å². The van der Waals surface area contributed by atoms with E-state index in [1.165, 1.54) is 4.31 Å². The van der Waals surface area contributed by atoms with Crippen LogP contribution in [-0.2, 0) is 16.8 Å². The predicted molar refractivity (Wildman–Crippen MR) is 84.9 cm³/mol. The van der Waals surface area contributed by atoms with Gasteiger partial charge in [0, 0.05) is 26.7 Å². The van der Waals surface area contributed by atoms with E-state index in [2.05, 4.69) is 11.6 Å². The summed E-state index contributed by atoms with van der Waals surface area (Å²) in [6.45, 7) is 2.86. The summed E-state index contributed by atoms with van der Waals surface area (Å²) in [6.07, 6.45) is 2.51. The van der Waals surface area contributed by atoms with Crippen LogP contribution in [0.5, 0.6) is 0 Å². The predicted octanol–water partition coefficient (Wildman–Crippen LogP) is 1.75. The molecule has 0 aliphatic heterocycles. The topological polar surface area (TPSA) is 69.6 Å². The van der Waals surface area contributed by atoms with Gasteiger partial charge in [0.25, 0.3) is 10.2 Å². The van der Waals surface area contributed by atoms with E-state index in [9.17, 15) is 8.42 Å². The molecule has 1 rings (SSSR count). The summed E-state index contributed by atoms with van der Waals surface area (Å²) >= 11 is 0. The number of nitrogens with one attached hydrogen (secondary N) is 1. The van der Waals surface area contributed by atoms with Crippen molar-refractivity contribution in [2.75, 3.05) is 20.2 Å². The maximum atomic E-state index is 12.2. The summed E-state index contributed by atoms with van der Waals surface area (Å²) < 4.78 is 28.3. The Morgan fingerprint density at radius 2 is 1.90 bits per heavy atom. The standard InChI is InChI=1S/C15H26N2O3S/c1-3-7-14(10-11-18)12-16-21(19,20)17(2)13-15-8-5-4-6-9-15/h4-6,8-9,14,16,18H,3,7,10-13H2,1-2H3. The molecule has 1 aromatic carbocycles. The normalized spacial score (nSPS) is 13.5. The Kier molecular flexibility index (Phi) is 7.88. The number of benzene rings is 1. The molecular weight excluding hydrogens is 288 g/mol. The van der Waals surface area contributed by atoms with E-state index in [0.29, 0.717) is 19.5 Å². The van der Waals surface area contributed by atoms with Crippen molar-refractivity contribution >= 4 is 10.2 Å². The average molecular weight is 314 g/mol. The maximum Gasteiger partial charge on any atom is 0.279 e. The van der Waals surface area contributed by atoms with Gasteiger partial charge in [-0.25, -0.2) is 4.72 Å². The summed E-state index contributed by atoms with van der Waals surface area (Å²) in [7, 11) is -1.92. The summed E-state index contributed by atoms with van der Waals surface area (Å²) in [5.41, 5.74) is 0.950. The molecule has 0 aliphatic carbocycles. The summed E-state index contributed by atoms with van der Waals surface area (Å²) in [5.74, 6) is 0.180. The third kappa shape index (κ3) is 6.56. The molecule has 21 heavy (non-hydrogen) atoms. The number of nitrogens with zero attached hydrogens (tertiary/aromatic N) is 1. The van der Waals surface area contributed by atoms with Crippen molar-refractivity contribution in [3.05, 3.63) is 35.9 Å². The highest BCUT2D eigenvalue weighted by atomic mass is 32.2. The molecule has 0 heterocycles. The molecule has 0 fully saturated rings. The van der Waals surface area contributed by atoms with E-state index in [1.54, 1.807) is 7.05 Å². The van der Waals surface area contributed by atoms with Gasteiger partial charge in [-0.15, -0.1) is 0 Å². The minimum Gasteiger partial charge on any atom is -0.396 e. The van der Waals surface area contributed by atoms with Gasteiger partial charge in [0.05, 0.1) is 0 Å². The van der Waals surface area contributed by atoms with E-state index in [0.717, 1.165) is 18.4 Å². The quantitative estimate of drug-likeness (QED) is 0.691. The average Bonchev–Trinajstić information content (AvgIpc) is 2.46. The molecule has 0 saturated carbocycles. The molecule has 5 nitrogen and oxygen atoms in total. The Morgan fingerprint density at radius 1 is 1.24 bits per heavy atom. The first-order valence-electron chi connectivity index (χ1n) is 7.35. The molecule has 0 aliphatic rings. The molecule has 120 valence electrons. The Balaban J connectivity index is 2.55. The zero-order valence-electron chi connectivity index (χ0n) is 12.8. The van der Waals surface area contributed by atoms with Crippen molar-refractivity contribution in [3.8, 4) is 0 Å². The van der Waals surface area contributed by atoms with Gasteiger partial charge >= 0.3 is 0 Å². The molecule has 0 spiro atoms. The fraction of sp³-hybridized carbons (Fsp3) is 0.600. The third-order valence-electron chi connectivity index (χ3n) is 3.45. The molecular formula is C15H26N2O3S. The van der Waals surface area contributed by atoms with Crippen molar-refractivity contribution < 1.29 is 13.5 Å². The molecule has 1 unspecified atom stereocenters. The Morgan fingerprint density at radius 3 is 2.48 bits per heavy atom. The van der Waals surface area contributed by atoms with Crippen LogP contribution in [0.15, 0.2) is 30.3 Å². The van der Waals surface area contributed by atoms with E-state index < -0.39 is 10.2 Å². The van der Waals surface area contributed by atoms with Crippen LogP contribution >= 0.6 is 0 Å². The molecule has 0 aromatic heterocycles. The van der Waals surface area contributed by atoms with E-state index in [4.69, 9.17) is 5.11 Å². The van der Waals surface area contributed by atoms with Crippen LogP contribution < -0.4 is 4.72 Å². The Bertz CT molecular complexity index is 485. The number of aliphatic hydroxyl groups excluding tert-OH is 1. The molecule has 1 atom stereocenters. The first-order valence-corrected chi connectivity index (χ1v) is 8.79. The van der Waals surface area contributed by atoms with Gasteiger partial charge in [0.1, 0.15) is 0 Å². The first-order chi connectivity index (χ1) is 9.99. The lowest BCUT2D eigenvalue weighted by Gasteiger charge is -2.21. The van der Waals surface area contributed by atoms with Crippen molar-refractivity contribution in [1.29, 1.82) is 0 Å². The summed E-state index contributed by atoms with van der Waals surface area (Å²) in [6, 6.07) is 9.49. The molecule has 0 radical (unpaired) electrons. The minimum atomic E-state index is -3.49. The maximum absolute atomic E-state index is 12.2. The zero-order chi connectivity index (χ0) is 15.7. The van der Waals surface area contributed by atoms with Crippen LogP contribution in [0.4, 0.5) is 0 Å². The highest BCUT2D eigenvalue weighted by Gasteiger charge is 2.19. The minimum absolute atomic E-state index is 0.0895. The van der Waals surface area contributed by atoms with Gasteiger partial charge in [0.2, 0.25) is 0 Å². The molecule has 2 N–H and O–H groups in total. The van der Waals surface area contributed by atoms with Gasteiger partial charge in [-0.2, -0.15) is 12.7 Å². The largest absolute Gasteiger partial charge is 0.396 e. The first kappa shape index (κ1) is 18.1. The summed E-state index contributed by atoms with van der Waals surface area (Å²) in [4.78, 5) is 0. The van der Waals surface area contributed by atoms with Gasteiger partial charge in [-0.05, 0) is 24.3 Å². The van der Waals surface area contributed by atoms with E-state index in [-0.39, 0.29) is 12.5 Å². The lowest BCUT2D eigenvalue weighted by atomic mass is 10.0. The number of hydrogen-bond acceptors (Lipinski definition) is 3. The lowest BCUT2D eigenvalue weighted by molar-refractivity contribution is 0.251. The number of aliphatic hydroxyl groups is 1. The second kappa shape index (κ2) is 9.15. The fourth-order valence-corrected chi connectivity index (χ4v) is 3.18. The second-order valence-corrected chi connectivity index (χ2v) is 7.12. The van der Waals surface area contributed by atoms with Crippen LogP contribution in [0.2, 0.25) is 0 Å². The smallest absolute Gasteiger partial charge is 0.279 e. The highest BCUT2D eigenvalue weighted by molar-refractivity contribution is 7.87. The van der Waals surface area contributed by atoms with Gasteiger partial charge < -0.3 is 5.11 Å². The molecule has 6 heteroatoms. The second-order valence-electron chi connectivity index (χ2n) is 5.26. The van der Waals surface area contributed by atoms with Gasteiger partial charge in [-0.3, -0.25) is 0 Å². The number of hydrogen-bond donors (Lipinski definition) is 2. The zero-order valence-corrected chi connectivity index (χ0v) is 13.6. The van der Waals surface area contributed by atoms with Gasteiger partial charge in [-0.1, -0.05) is 43.7 Å². The number of rotatable bonds is 10. The van der Waals surface area contributed by atoms with Crippen molar-refractivity contribution in [1.82, 2.24) is 9.03 Å². The van der Waals surface area contributed by atoms with Crippen LogP contribution in [0.3, 0.4) is 0 Å². The molecule has 0 amide bonds. The van der Waals surface area contributed by atoms with E-state index >= 15 is 0 Å². The SMILES string of the molecule is CCCC(CCO)CNS(=O)(=O)N(C)Cc1ccccc1. The molecule has 0 saturated heterocycles. The fourth-order valence-electron chi connectivity index (χ4n) is 2.20. The Hall–Kier alpha value is -0.950. The third-order valence-corrected chi connectivity index (χ3v) is 4.93. The molecule has 0 bridgehead atoms. The van der Waals surface area contributed by atoms with Gasteiger partial charge in [0.15, 0.2) is 0 Å². The van der Waals surface area contributed by atoms with Crippen LogP contribution in [0.25, 0.3) is 0 Å². The Labute approximate surface area is 128 Å². The lowest BCUT2D eigenvalue weighted by Crippen LogP contribution is -2.40. The van der Waals surface area contributed by atoms with Crippen molar-refractivity contribution in [3.63, 3.8) is 0 Å². The van der Waals surface area contributed by atoms with E-state index in [1.807, 2.05) is 30.3 Å². The molecule has 1 aromatic rings. The monoisotopic (exact) mass is 314 g/mol. The highest BCUT2D eigenvalue weighted by Crippen LogP contribution is 2.11. The van der Waals surface area contributed by atoms with Crippen molar-refractivity contribution in [2.45, 2.75) is 32.7 Å². The van der Waals surface area contributed by atoms with Crippen LogP contribution in [0.1, 0.15) is 31.7 Å². The van der Waals surface area contributed by atoms with Crippen LogP contribution in [0, 0.1) is 5.92 Å². The summed E-state index contributed by atoms with van der Waals surface area (Å²) in [5, 5.41) is 9.01. The van der Waals surface area contributed by atoms with Crippen molar-refractivity contribution in [2.24, 2.45) is 5.92 Å².